The normalized spacial score (nSPS) is 29.1. The fourth-order valence-corrected chi connectivity index (χ4v) is 2.90. The highest BCUT2D eigenvalue weighted by atomic mass is 35.5. The summed E-state index contributed by atoms with van der Waals surface area (Å²) in [6.07, 6.45) is 3.04. The van der Waals surface area contributed by atoms with Gasteiger partial charge in [0.2, 0.25) is 5.91 Å². The Morgan fingerprint density at radius 1 is 1.28 bits per heavy atom. The first-order valence-electron chi connectivity index (χ1n) is 6.92. The molecule has 0 aliphatic carbocycles. The van der Waals surface area contributed by atoms with E-state index >= 15 is 0 Å². The lowest BCUT2D eigenvalue weighted by molar-refractivity contribution is -0.132. The molecular weight excluding hydrogens is 250 g/mol. The van der Waals surface area contributed by atoms with Crippen molar-refractivity contribution < 1.29 is 4.79 Å². The molecule has 106 valence electrons. The molecule has 0 bridgehead atoms. The van der Waals surface area contributed by atoms with Crippen LogP contribution in [0.3, 0.4) is 0 Å². The number of amides is 1. The minimum absolute atomic E-state index is 0. The zero-order valence-corrected chi connectivity index (χ0v) is 12.3. The van der Waals surface area contributed by atoms with Crippen molar-refractivity contribution >= 4 is 18.3 Å². The van der Waals surface area contributed by atoms with Crippen LogP contribution < -0.4 is 5.32 Å². The van der Waals surface area contributed by atoms with E-state index in [4.69, 9.17) is 0 Å². The minimum atomic E-state index is 0. The molecule has 4 nitrogen and oxygen atoms in total. The Kier molecular flexibility index (Phi) is 6.39. The predicted molar refractivity (Wildman–Crippen MR) is 76.2 cm³/mol. The maximum atomic E-state index is 12.1. The summed E-state index contributed by atoms with van der Waals surface area (Å²) >= 11 is 0. The number of nitrogens with zero attached hydrogens (tertiary/aromatic N) is 2. The third-order valence-electron chi connectivity index (χ3n) is 4.13. The summed E-state index contributed by atoms with van der Waals surface area (Å²) in [7, 11) is 0. The van der Waals surface area contributed by atoms with Crippen LogP contribution in [0.4, 0.5) is 0 Å². The van der Waals surface area contributed by atoms with Crippen LogP contribution in [0, 0.1) is 0 Å². The summed E-state index contributed by atoms with van der Waals surface area (Å²) in [6.45, 7) is 9.46. The quantitative estimate of drug-likeness (QED) is 0.838. The lowest BCUT2D eigenvalue weighted by atomic mass is 10.2. The highest BCUT2D eigenvalue weighted by Crippen LogP contribution is 2.17. The van der Waals surface area contributed by atoms with Gasteiger partial charge in [-0.05, 0) is 26.7 Å². The third-order valence-corrected chi connectivity index (χ3v) is 4.13. The van der Waals surface area contributed by atoms with Crippen LogP contribution in [-0.2, 0) is 4.79 Å². The topological polar surface area (TPSA) is 35.6 Å². The van der Waals surface area contributed by atoms with Crippen LogP contribution in [0.15, 0.2) is 0 Å². The van der Waals surface area contributed by atoms with Gasteiger partial charge in [-0.15, -0.1) is 12.4 Å². The van der Waals surface area contributed by atoms with Crippen LogP contribution in [0.5, 0.6) is 0 Å². The SMILES string of the molecule is CC1CCCN1C(=O)CCN1CCNC[C@@H]1C.Cl. The van der Waals surface area contributed by atoms with E-state index in [2.05, 4.69) is 29.0 Å². The molecular formula is C13H26ClN3O. The average Bonchev–Trinajstić information content (AvgIpc) is 2.74. The van der Waals surface area contributed by atoms with E-state index in [9.17, 15) is 4.79 Å². The maximum absolute atomic E-state index is 12.1. The van der Waals surface area contributed by atoms with Gasteiger partial charge in [0.25, 0.3) is 0 Å². The van der Waals surface area contributed by atoms with E-state index in [0.717, 1.165) is 32.7 Å². The summed E-state index contributed by atoms with van der Waals surface area (Å²) in [6, 6.07) is 1.02. The second-order valence-corrected chi connectivity index (χ2v) is 5.42. The monoisotopic (exact) mass is 275 g/mol. The first-order valence-corrected chi connectivity index (χ1v) is 6.92. The van der Waals surface area contributed by atoms with Crippen molar-refractivity contribution in [2.75, 3.05) is 32.7 Å². The molecule has 0 radical (unpaired) electrons. The Morgan fingerprint density at radius 2 is 2.06 bits per heavy atom. The van der Waals surface area contributed by atoms with E-state index in [0.29, 0.717) is 24.4 Å². The van der Waals surface area contributed by atoms with Gasteiger partial charge in [-0.25, -0.2) is 0 Å². The predicted octanol–water partition coefficient (Wildman–Crippen LogP) is 1.10. The molecule has 0 spiro atoms. The molecule has 0 aromatic carbocycles. The van der Waals surface area contributed by atoms with E-state index in [1.165, 1.54) is 12.8 Å². The number of hydrogen-bond acceptors (Lipinski definition) is 3. The highest BCUT2D eigenvalue weighted by Gasteiger charge is 2.26. The van der Waals surface area contributed by atoms with E-state index < -0.39 is 0 Å². The van der Waals surface area contributed by atoms with Crippen molar-refractivity contribution in [1.29, 1.82) is 0 Å². The maximum Gasteiger partial charge on any atom is 0.224 e. The molecule has 0 aromatic heterocycles. The number of rotatable bonds is 3. The molecule has 2 atom stereocenters. The fraction of sp³-hybridized carbons (Fsp3) is 0.923. The van der Waals surface area contributed by atoms with Gasteiger partial charge in [0.1, 0.15) is 0 Å². The van der Waals surface area contributed by atoms with Crippen molar-refractivity contribution in [2.45, 2.75) is 45.2 Å². The van der Waals surface area contributed by atoms with Gasteiger partial charge in [-0.2, -0.15) is 0 Å². The van der Waals surface area contributed by atoms with Crippen molar-refractivity contribution in [3.05, 3.63) is 0 Å². The number of nitrogens with one attached hydrogen (secondary N) is 1. The Bertz CT molecular complexity index is 275. The first kappa shape index (κ1) is 15.7. The number of carbonyl (C=O) groups is 1. The fourth-order valence-electron chi connectivity index (χ4n) is 2.90. The molecule has 2 heterocycles. The smallest absolute Gasteiger partial charge is 0.224 e. The zero-order chi connectivity index (χ0) is 12.3. The van der Waals surface area contributed by atoms with Crippen LogP contribution >= 0.6 is 12.4 Å². The van der Waals surface area contributed by atoms with Gasteiger partial charge in [0.05, 0.1) is 0 Å². The third kappa shape index (κ3) is 3.84. The molecule has 18 heavy (non-hydrogen) atoms. The van der Waals surface area contributed by atoms with Gasteiger partial charge in [-0.1, -0.05) is 0 Å². The van der Waals surface area contributed by atoms with Crippen molar-refractivity contribution in [3.8, 4) is 0 Å². The number of likely N-dealkylation sites (tertiary alicyclic amines) is 1. The van der Waals surface area contributed by atoms with Crippen LogP contribution in [0.1, 0.15) is 33.1 Å². The van der Waals surface area contributed by atoms with Gasteiger partial charge in [0, 0.05) is 51.2 Å². The molecule has 0 aromatic rings. The summed E-state index contributed by atoms with van der Waals surface area (Å²) in [4.78, 5) is 16.6. The molecule has 1 unspecified atom stereocenters. The highest BCUT2D eigenvalue weighted by molar-refractivity contribution is 5.85. The van der Waals surface area contributed by atoms with E-state index in [1.54, 1.807) is 0 Å². The Balaban J connectivity index is 0.00000162. The molecule has 1 amide bonds. The number of piperazine rings is 1. The molecule has 5 heteroatoms. The Morgan fingerprint density at radius 3 is 2.67 bits per heavy atom. The van der Waals surface area contributed by atoms with Crippen molar-refractivity contribution in [2.24, 2.45) is 0 Å². The second kappa shape index (κ2) is 7.31. The first-order chi connectivity index (χ1) is 8.18. The minimum Gasteiger partial charge on any atom is -0.340 e. The summed E-state index contributed by atoms with van der Waals surface area (Å²) < 4.78 is 0. The second-order valence-electron chi connectivity index (χ2n) is 5.42. The number of halogens is 1. The van der Waals surface area contributed by atoms with Crippen molar-refractivity contribution in [3.63, 3.8) is 0 Å². The van der Waals surface area contributed by atoms with Gasteiger partial charge in [0.15, 0.2) is 0 Å². The van der Waals surface area contributed by atoms with Crippen LogP contribution in [0.25, 0.3) is 0 Å². The zero-order valence-electron chi connectivity index (χ0n) is 11.5. The standard InChI is InChI=1S/C13H25N3O.ClH/c1-11-4-3-7-16(11)13(17)5-8-15-9-6-14-10-12(15)2;/h11-12,14H,3-10H2,1-2H3;1H/t11?,12-;/m0./s1. The lowest BCUT2D eigenvalue weighted by Gasteiger charge is -2.34. The molecule has 2 rings (SSSR count). The molecule has 2 aliphatic rings. The largest absolute Gasteiger partial charge is 0.340 e. The van der Waals surface area contributed by atoms with E-state index in [-0.39, 0.29) is 12.4 Å². The molecule has 2 fully saturated rings. The van der Waals surface area contributed by atoms with Crippen molar-refractivity contribution in [1.82, 2.24) is 15.1 Å². The molecule has 2 saturated heterocycles. The summed E-state index contributed by atoms with van der Waals surface area (Å²) in [5.41, 5.74) is 0. The summed E-state index contributed by atoms with van der Waals surface area (Å²) in [5.74, 6) is 0.348. The molecule has 1 N–H and O–H groups in total. The molecule has 2 aliphatic heterocycles. The average molecular weight is 276 g/mol. The Hall–Kier alpha value is -0.320. The van der Waals surface area contributed by atoms with Crippen LogP contribution in [-0.4, -0.2) is 60.5 Å². The van der Waals surface area contributed by atoms with Crippen LogP contribution in [0.2, 0.25) is 0 Å². The van der Waals surface area contributed by atoms with Gasteiger partial charge in [-0.3, -0.25) is 9.69 Å². The number of carbonyl (C=O) groups excluding carboxylic acids is 1. The lowest BCUT2D eigenvalue weighted by Crippen LogP contribution is -2.50. The molecule has 0 saturated carbocycles. The van der Waals surface area contributed by atoms with Gasteiger partial charge >= 0.3 is 0 Å². The number of hydrogen-bond donors (Lipinski definition) is 1. The Labute approximate surface area is 116 Å². The van der Waals surface area contributed by atoms with E-state index in [1.807, 2.05) is 0 Å². The summed E-state index contributed by atoms with van der Waals surface area (Å²) in [5, 5.41) is 3.38. The van der Waals surface area contributed by atoms with Gasteiger partial charge < -0.3 is 10.2 Å².